The highest BCUT2D eigenvalue weighted by Crippen LogP contribution is 2.36. The first-order valence-electron chi connectivity index (χ1n) is 28.6. The molecule has 28 heteroatoms. The molecule has 5 N–H and O–H groups in total. The molecule has 27 nitrogen and oxygen atoms in total. The summed E-state index contributed by atoms with van der Waals surface area (Å²) in [6, 6.07) is 0. The van der Waals surface area contributed by atoms with Crippen molar-refractivity contribution in [2.75, 3.05) is 132 Å². The summed E-state index contributed by atoms with van der Waals surface area (Å²) in [7, 11) is -4.42. The number of amides is 9. The fourth-order valence-corrected chi connectivity index (χ4v) is 10.5. The number of nitrogens with one attached hydrogen (secondary N) is 1. The number of piperidine rings is 3. The van der Waals surface area contributed by atoms with Crippen LogP contribution in [0.4, 0.5) is 0 Å². The molecule has 9 amide bonds. The van der Waals surface area contributed by atoms with Crippen LogP contribution in [-0.4, -0.2) is 259 Å². The predicted octanol–water partition coefficient (Wildman–Crippen LogP) is 0.831. The first-order chi connectivity index (χ1) is 40.6. The Bertz CT molecular complexity index is 2240. The molecule has 0 radical (unpaired) electrons. The fourth-order valence-electron chi connectivity index (χ4n) is 10.1. The van der Waals surface area contributed by atoms with Crippen LogP contribution in [0, 0.1) is 17.8 Å². The molecule has 0 spiro atoms. The van der Waals surface area contributed by atoms with Gasteiger partial charge in [0.1, 0.15) is 0 Å². The third kappa shape index (κ3) is 25.8. The van der Waals surface area contributed by atoms with Gasteiger partial charge in [0.15, 0.2) is 0 Å². The third-order valence-electron chi connectivity index (χ3n) is 15.2. The second-order valence-corrected chi connectivity index (χ2v) is 22.4. The number of hydrogen-bond acceptors (Lipinski definition) is 16. The first-order valence-corrected chi connectivity index (χ1v) is 30.1. The molecule has 0 bridgehead atoms. The maximum atomic E-state index is 12.7. The molecule has 0 unspecified atom stereocenters. The molecule has 6 heterocycles. The second kappa shape index (κ2) is 38.4. The number of aliphatic hydroxyl groups excluding tert-OH is 2. The molecule has 6 aliphatic heterocycles. The van der Waals surface area contributed by atoms with Crippen LogP contribution in [0.1, 0.15) is 70.6 Å². The highest BCUT2D eigenvalue weighted by atomic mass is 31.2. The van der Waals surface area contributed by atoms with Gasteiger partial charge in [-0.25, -0.2) is 4.57 Å². The molecule has 0 saturated carbocycles. The molecule has 474 valence electrons. The maximum absolute atomic E-state index is 12.7. The zero-order chi connectivity index (χ0) is 63.1. The molecule has 6 aliphatic rings. The number of rotatable bonds is 21. The van der Waals surface area contributed by atoms with Crippen LogP contribution in [0.5, 0.6) is 0 Å². The van der Waals surface area contributed by atoms with Gasteiger partial charge in [-0.05, 0) is 157 Å². The normalized spacial score (nSPS) is 18.4. The SMILES string of the molecule is C=CC(=O)N1CN(C(=O)C=C)CN(C(=O)C=C)C1.C=CC(=O)N1CN(C(=O)C=C)CN(C(=O)CCN2CCC(CCO)CC2)C1.C=CC(=O)N1CN(C(=O)C=C)CN(C(=O)CCN2CCC(CCOP(=O)(O)O)CC2)C1.OCCC1CCNCC1. The Balaban J connectivity index is 0.000000318. The highest BCUT2D eigenvalue weighted by molar-refractivity contribution is 7.46. The smallest absolute Gasteiger partial charge is 0.396 e. The Morgan fingerprint density at radius 1 is 0.412 bits per heavy atom. The van der Waals surface area contributed by atoms with Gasteiger partial charge in [-0.3, -0.25) is 47.7 Å². The molecule has 0 aromatic rings. The van der Waals surface area contributed by atoms with E-state index in [1.165, 1.54) is 69.1 Å². The lowest BCUT2D eigenvalue weighted by molar-refractivity contribution is -0.156. The monoisotopic (exact) mass is 1210 g/mol. The summed E-state index contributed by atoms with van der Waals surface area (Å²) in [6.45, 7) is 32.6. The van der Waals surface area contributed by atoms with Gasteiger partial charge in [-0.1, -0.05) is 46.1 Å². The number of nitrogens with zero attached hydrogens (tertiary/aromatic N) is 11. The Labute approximate surface area is 500 Å². The van der Waals surface area contributed by atoms with Crippen molar-refractivity contribution in [1.82, 2.24) is 59.2 Å². The van der Waals surface area contributed by atoms with E-state index >= 15 is 0 Å². The highest BCUT2D eigenvalue weighted by Gasteiger charge is 2.34. The van der Waals surface area contributed by atoms with Crippen molar-refractivity contribution in [3.8, 4) is 0 Å². The number of aliphatic hydroxyl groups is 2. The van der Waals surface area contributed by atoms with Crippen LogP contribution in [0.2, 0.25) is 0 Å². The number of carbonyl (C=O) groups excluding carboxylic acids is 9. The lowest BCUT2D eigenvalue weighted by Gasteiger charge is -2.41. The molecule has 85 heavy (non-hydrogen) atoms. The van der Waals surface area contributed by atoms with Crippen LogP contribution in [0.15, 0.2) is 88.6 Å². The van der Waals surface area contributed by atoms with E-state index in [1.807, 2.05) is 0 Å². The lowest BCUT2D eigenvalue weighted by atomic mass is 9.94. The lowest BCUT2D eigenvalue weighted by Crippen LogP contribution is -2.59. The molecule has 0 aromatic carbocycles. The van der Waals surface area contributed by atoms with Gasteiger partial charge in [0.05, 0.1) is 66.6 Å². The van der Waals surface area contributed by atoms with Crippen molar-refractivity contribution in [2.45, 2.75) is 70.6 Å². The van der Waals surface area contributed by atoms with E-state index in [0.717, 1.165) is 114 Å². The Morgan fingerprint density at radius 3 is 0.906 bits per heavy atom. The molecular formula is C57H91N12O15P. The van der Waals surface area contributed by atoms with Gasteiger partial charge in [-0.2, -0.15) is 0 Å². The second-order valence-electron chi connectivity index (χ2n) is 21.1. The topological polar surface area (TPSA) is 309 Å². The van der Waals surface area contributed by atoms with Gasteiger partial charge in [-0.15, -0.1) is 0 Å². The predicted molar refractivity (Wildman–Crippen MR) is 316 cm³/mol. The summed E-state index contributed by atoms with van der Waals surface area (Å²) in [6.07, 6.45) is 17.4. The van der Waals surface area contributed by atoms with E-state index < -0.39 is 7.82 Å². The van der Waals surface area contributed by atoms with E-state index in [1.54, 1.807) is 0 Å². The summed E-state index contributed by atoms with van der Waals surface area (Å²) >= 11 is 0. The number of hydrogen-bond donors (Lipinski definition) is 5. The standard InChI is InChI=1S/C19H31N4O7P.C19H30N4O4.C12H15N3O3.C7H15NO/c1-3-17(24)21-13-22(18(25)4-2)15-23(14-21)19(26)7-11-20-9-5-16(6-10-20)8-12-30-31(27,28)29;1-3-17(25)21-13-22(18(26)4-2)15-23(14-21)19(27)7-11-20-9-5-16(6-10-20)8-12-24;1-4-10(16)13-7-14(11(17)5-2)9-15(8-13)12(18)6-3;9-6-3-7-1-4-8-5-2-7/h3-4,16H,1-2,5-15H2,(H2,27,28,29);3-4,16,24H,1-2,5-15H2;4-6H,1-3,7-9H2;7-9H,1-6H2. The van der Waals surface area contributed by atoms with Crippen molar-refractivity contribution in [2.24, 2.45) is 17.8 Å². The van der Waals surface area contributed by atoms with Crippen molar-refractivity contribution in [1.29, 1.82) is 0 Å². The van der Waals surface area contributed by atoms with Crippen molar-refractivity contribution in [3.05, 3.63) is 88.6 Å². The van der Waals surface area contributed by atoms with Crippen molar-refractivity contribution < 1.29 is 72.2 Å². The molecule has 6 fully saturated rings. The summed E-state index contributed by atoms with van der Waals surface area (Å²) in [5.41, 5.74) is 0. The zero-order valence-corrected chi connectivity index (χ0v) is 50.2. The maximum Gasteiger partial charge on any atom is 0.469 e. The third-order valence-corrected chi connectivity index (χ3v) is 15.7. The van der Waals surface area contributed by atoms with Gasteiger partial charge in [0.2, 0.25) is 53.2 Å². The van der Waals surface area contributed by atoms with E-state index in [0.29, 0.717) is 44.4 Å². The molecule has 0 aliphatic carbocycles. The summed E-state index contributed by atoms with van der Waals surface area (Å²) in [5, 5.41) is 20.9. The number of phosphoric acid groups is 1. The van der Waals surface area contributed by atoms with Crippen LogP contribution in [-0.2, 0) is 52.2 Å². The van der Waals surface area contributed by atoms with E-state index in [-0.39, 0.29) is 133 Å². The molecule has 6 saturated heterocycles. The Kier molecular flexibility index (Phi) is 32.8. The largest absolute Gasteiger partial charge is 0.469 e. The Morgan fingerprint density at radius 2 is 0.659 bits per heavy atom. The molecule has 0 atom stereocenters. The summed E-state index contributed by atoms with van der Waals surface area (Å²) in [5.74, 6) is -0.949. The molecule has 0 aromatic heterocycles. The summed E-state index contributed by atoms with van der Waals surface area (Å²) in [4.78, 5) is 142. The Hall–Kier alpha value is -6.68. The van der Waals surface area contributed by atoms with E-state index in [9.17, 15) is 47.7 Å². The first kappa shape index (κ1) is 72.6. The van der Waals surface area contributed by atoms with Gasteiger partial charge in [0, 0.05) is 39.1 Å². The van der Waals surface area contributed by atoms with E-state index in [4.69, 9.17) is 20.0 Å². The van der Waals surface area contributed by atoms with Crippen molar-refractivity contribution in [3.63, 3.8) is 0 Å². The van der Waals surface area contributed by atoms with Gasteiger partial charge >= 0.3 is 7.82 Å². The minimum Gasteiger partial charge on any atom is -0.396 e. The average Bonchev–Trinajstić information content (AvgIpc) is 3.53. The van der Waals surface area contributed by atoms with Crippen molar-refractivity contribution >= 4 is 61.0 Å². The zero-order valence-electron chi connectivity index (χ0n) is 49.3. The minimum atomic E-state index is -4.42. The number of likely N-dealkylation sites (tertiary alicyclic amines) is 2. The summed E-state index contributed by atoms with van der Waals surface area (Å²) < 4.78 is 15.2. The minimum absolute atomic E-state index is 0.0300. The van der Waals surface area contributed by atoms with Crippen LogP contribution >= 0.6 is 7.82 Å². The quantitative estimate of drug-likeness (QED) is 0.0785. The molecular weight excluding hydrogens is 1120 g/mol. The van der Waals surface area contributed by atoms with E-state index in [2.05, 4.69) is 65.7 Å². The average molecular weight is 1220 g/mol. The van der Waals surface area contributed by atoms with Gasteiger partial charge < -0.3 is 79.2 Å². The number of phosphoric ester groups is 1. The van der Waals surface area contributed by atoms with Crippen LogP contribution in [0.25, 0.3) is 0 Å². The number of carbonyl (C=O) groups is 9. The van der Waals surface area contributed by atoms with Gasteiger partial charge in [0.25, 0.3) is 0 Å². The molecule has 6 rings (SSSR count). The fraction of sp³-hybridized carbons (Fsp3) is 0.596. The van der Waals surface area contributed by atoms with Crippen LogP contribution < -0.4 is 5.32 Å². The van der Waals surface area contributed by atoms with Crippen LogP contribution in [0.3, 0.4) is 0 Å².